The fourth-order valence-corrected chi connectivity index (χ4v) is 2.32. The molecular weight excluding hydrogens is 338 g/mol. The zero-order valence-corrected chi connectivity index (χ0v) is 12.6. The number of carboxylic acid groups (broad SMARTS) is 1. The maximum atomic E-state index is 12.2. The fourth-order valence-electron chi connectivity index (χ4n) is 1.84. The third-order valence-corrected chi connectivity index (χ3v) is 3.42. The van der Waals surface area contributed by atoms with E-state index in [4.69, 9.17) is 5.11 Å². The third-order valence-electron chi connectivity index (χ3n) is 2.92. The summed E-state index contributed by atoms with van der Waals surface area (Å²) in [5.74, 6) is -1.74. The van der Waals surface area contributed by atoms with Gasteiger partial charge in [0.1, 0.15) is 5.75 Å². The maximum Gasteiger partial charge on any atom is 0.335 e. The molecule has 6 heteroatoms. The predicted octanol–water partition coefficient (Wildman–Crippen LogP) is 3.41. The Morgan fingerprint density at radius 3 is 2.48 bits per heavy atom. The molecule has 0 fully saturated rings. The summed E-state index contributed by atoms with van der Waals surface area (Å²) in [6.07, 6.45) is 0. The second-order valence-electron chi connectivity index (χ2n) is 4.45. The molecule has 5 nitrogen and oxygen atoms in total. The highest BCUT2D eigenvalue weighted by molar-refractivity contribution is 9.10. The fraction of sp³-hybridized carbons (Fsp3) is 0.0667. The molecule has 0 spiro atoms. The number of anilines is 1. The average Bonchev–Trinajstić information content (AvgIpc) is 2.40. The Morgan fingerprint density at radius 1 is 1.14 bits per heavy atom. The van der Waals surface area contributed by atoms with E-state index < -0.39 is 11.9 Å². The molecule has 2 aromatic rings. The van der Waals surface area contributed by atoms with Gasteiger partial charge in [-0.2, -0.15) is 0 Å². The highest BCUT2D eigenvalue weighted by Crippen LogP contribution is 2.25. The van der Waals surface area contributed by atoms with Crippen LogP contribution in [-0.2, 0) is 0 Å². The molecule has 21 heavy (non-hydrogen) atoms. The van der Waals surface area contributed by atoms with Gasteiger partial charge < -0.3 is 15.5 Å². The van der Waals surface area contributed by atoms with E-state index in [1.54, 1.807) is 25.1 Å². The lowest BCUT2D eigenvalue weighted by Gasteiger charge is -2.10. The molecule has 0 unspecified atom stereocenters. The molecule has 1 amide bonds. The number of aromatic carboxylic acids is 1. The van der Waals surface area contributed by atoms with Crippen LogP contribution in [0.25, 0.3) is 0 Å². The summed E-state index contributed by atoms with van der Waals surface area (Å²) in [6.45, 7) is 1.78. The SMILES string of the molecule is Cc1cc(Br)ccc1C(=O)Nc1cc(C(=O)O)ccc1O. The minimum absolute atomic E-state index is 0.0179. The van der Waals surface area contributed by atoms with Crippen molar-refractivity contribution < 1.29 is 19.8 Å². The van der Waals surface area contributed by atoms with Crippen molar-refractivity contribution in [1.29, 1.82) is 0 Å². The first-order valence-electron chi connectivity index (χ1n) is 6.02. The van der Waals surface area contributed by atoms with Crippen molar-refractivity contribution in [2.24, 2.45) is 0 Å². The van der Waals surface area contributed by atoms with Crippen LogP contribution in [0.4, 0.5) is 5.69 Å². The van der Waals surface area contributed by atoms with Crippen LogP contribution in [0.5, 0.6) is 5.75 Å². The first kappa shape index (κ1) is 15.1. The van der Waals surface area contributed by atoms with E-state index in [2.05, 4.69) is 21.2 Å². The highest BCUT2D eigenvalue weighted by Gasteiger charge is 2.13. The summed E-state index contributed by atoms with van der Waals surface area (Å²) in [6, 6.07) is 8.88. The molecule has 2 rings (SSSR count). The lowest BCUT2D eigenvalue weighted by Crippen LogP contribution is -2.14. The van der Waals surface area contributed by atoms with E-state index in [0.717, 1.165) is 10.0 Å². The normalized spacial score (nSPS) is 10.2. The van der Waals surface area contributed by atoms with Crippen molar-refractivity contribution in [1.82, 2.24) is 0 Å². The number of amides is 1. The zero-order valence-electron chi connectivity index (χ0n) is 11.1. The molecule has 0 atom stereocenters. The van der Waals surface area contributed by atoms with Gasteiger partial charge in [-0.15, -0.1) is 0 Å². The van der Waals surface area contributed by atoms with Gasteiger partial charge in [0.2, 0.25) is 0 Å². The quantitative estimate of drug-likeness (QED) is 0.741. The molecule has 0 radical (unpaired) electrons. The Balaban J connectivity index is 2.31. The number of aryl methyl sites for hydroxylation is 1. The number of halogens is 1. The Morgan fingerprint density at radius 2 is 1.86 bits per heavy atom. The molecule has 2 aromatic carbocycles. The van der Waals surface area contributed by atoms with Crippen LogP contribution in [0, 0.1) is 6.92 Å². The van der Waals surface area contributed by atoms with Crippen LogP contribution in [0.3, 0.4) is 0 Å². The summed E-state index contributed by atoms with van der Waals surface area (Å²) < 4.78 is 0.854. The molecule has 0 aromatic heterocycles. The number of carbonyl (C=O) groups excluding carboxylic acids is 1. The molecule has 0 bridgehead atoms. The monoisotopic (exact) mass is 349 g/mol. The van der Waals surface area contributed by atoms with Crippen LogP contribution < -0.4 is 5.32 Å². The summed E-state index contributed by atoms with van der Waals surface area (Å²) in [7, 11) is 0. The van der Waals surface area contributed by atoms with Gasteiger partial charge in [0.25, 0.3) is 5.91 Å². The molecular formula is C15H12BrNO4. The van der Waals surface area contributed by atoms with Crippen LogP contribution in [0.2, 0.25) is 0 Å². The standard InChI is InChI=1S/C15H12BrNO4/c1-8-6-10(16)3-4-11(8)14(19)17-12-7-9(15(20)21)2-5-13(12)18/h2-7,18H,1H3,(H,17,19)(H,20,21). The largest absolute Gasteiger partial charge is 0.506 e. The van der Waals surface area contributed by atoms with E-state index in [1.165, 1.54) is 18.2 Å². The molecule has 0 aliphatic heterocycles. The number of phenols is 1. The highest BCUT2D eigenvalue weighted by atomic mass is 79.9. The Bertz CT molecular complexity index is 728. The van der Waals surface area contributed by atoms with Gasteiger partial charge in [-0.05, 0) is 48.9 Å². The predicted molar refractivity (Wildman–Crippen MR) is 81.9 cm³/mol. The molecule has 0 aliphatic rings. The van der Waals surface area contributed by atoms with Crippen LogP contribution in [0.15, 0.2) is 40.9 Å². The minimum Gasteiger partial charge on any atom is -0.506 e. The van der Waals surface area contributed by atoms with Crippen molar-refractivity contribution in [3.63, 3.8) is 0 Å². The van der Waals surface area contributed by atoms with Gasteiger partial charge in [-0.25, -0.2) is 4.79 Å². The zero-order chi connectivity index (χ0) is 15.6. The summed E-state index contributed by atoms with van der Waals surface area (Å²) >= 11 is 3.31. The Labute approximate surface area is 129 Å². The van der Waals surface area contributed by atoms with Gasteiger partial charge in [0.05, 0.1) is 11.3 Å². The van der Waals surface area contributed by atoms with Crippen molar-refractivity contribution >= 4 is 33.5 Å². The second-order valence-corrected chi connectivity index (χ2v) is 5.37. The number of hydrogen-bond donors (Lipinski definition) is 3. The summed E-state index contributed by atoms with van der Waals surface area (Å²) in [4.78, 5) is 23.1. The summed E-state index contributed by atoms with van der Waals surface area (Å²) in [5.41, 5.74) is 1.24. The van der Waals surface area contributed by atoms with E-state index in [0.29, 0.717) is 5.56 Å². The number of aromatic hydroxyl groups is 1. The number of phenolic OH excluding ortho intramolecular Hbond substituents is 1. The number of nitrogens with one attached hydrogen (secondary N) is 1. The maximum absolute atomic E-state index is 12.2. The number of carbonyl (C=O) groups is 2. The number of benzene rings is 2. The topological polar surface area (TPSA) is 86.6 Å². The lowest BCUT2D eigenvalue weighted by molar-refractivity contribution is 0.0696. The molecule has 3 N–H and O–H groups in total. The number of hydrogen-bond acceptors (Lipinski definition) is 3. The van der Waals surface area contributed by atoms with E-state index in [-0.39, 0.29) is 17.0 Å². The molecule has 0 saturated carbocycles. The minimum atomic E-state index is -1.13. The smallest absolute Gasteiger partial charge is 0.335 e. The van der Waals surface area contributed by atoms with Gasteiger partial charge >= 0.3 is 5.97 Å². The second kappa shape index (κ2) is 5.97. The number of rotatable bonds is 3. The van der Waals surface area contributed by atoms with Crippen LogP contribution in [-0.4, -0.2) is 22.1 Å². The van der Waals surface area contributed by atoms with Gasteiger partial charge in [0, 0.05) is 10.0 Å². The Kier molecular flexibility index (Phi) is 4.28. The van der Waals surface area contributed by atoms with Crippen molar-refractivity contribution in [3.8, 4) is 5.75 Å². The van der Waals surface area contributed by atoms with Gasteiger partial charge in [-0.3, -0.25) is 4.79 Å². The molecule has 0 heterocycles. The van der Waals surface area contributed by atoms with Crippen molar-refractivity contribution in [2.45, 2.75) is 6.92 Å². The van der Waals surface area contributed by atoms with E-state index in [9.17, 15) is 14.7 Å². The average molecular weight is 350 g/mol. The van der Waals surface area contributed by atoms with E-state index >= 15 is 0 Å². The first-order valence-corrected chi connectivity index (χ1v) is 6.81. The van der Waals surface area contributed by atoms with Gasteiger partial charge in [0.15, 0.2) is 0 Å². The third kappa shape index (κ3) is 3.41. The van der Waals surface area contributed by atoms with Crippen LogP contribution in [0.1, 0.15) is 26.3 Å². The number of carboxylic acids is 1. The van der Waals surface area contributed by atoms with Crippen LogP contribution >= 0.6 is 15.9 Å². The lowest BCUT2D eigenvalue weighted by atomic mass is 10.1. The van der Waals surface area contributed by atoms with Crippen molar-refractivity contribution in [3.05, 3.63) is 57.6 Å². The molecule has 0 aliphatic carbocycles. The van der Waals surface area contributed by atoms with Gasteiger partial charge in [-0.1, -0.05) is 15.9 Å². The van der Waals surface area contributed by atoms with E-state index in [1.807, 2.05) is 0 Å². The molecule has 0 saturated heterocycles. The molecule has 108 valence electrons. The van der Waals surface area contributed by atoms with Crippen molar-refractivity contribution in [2.75, 3.05) is 5.32 Å². The first-order chi connectivity index (χ1) is 9.88. The Hall–Kier alpha value is -2.34. The summed E-state index contributed by atoms with van der Waals surface area (Å²) in [5, 5.41) is 21.2.